The molecule has 1 fully saturated rings. The van der Waals surface area contributed by atoms with Gasteiger partial charge in [0.25, 0.3) is 0 Å². The summed E-state index contributed by atoms with van der Waals surface area (Å²) >= 11 is 0. The third kappa shape index (κ3) is 3.47. The normalized spacial score (nSPS) is 16.3. The second-order valence-corrected chi connectivity index (χ2v) is 4.52. The van der Waals surface area contributed by atoms with Crippen molar-refractivity contribution in [3.05, 3.63) is 24.3 Å². The van der Waals surface area contributed by atoms with Crippen LogP contribution < -0.4 is 14.8 Å². The van der Waals surface area contributed by atoms with Crippen LogP contribution in [0.15, 0.2) is 24.3 Å². The summed E-state index contributed by atoms with van der Waals surface area (Å²) in [5, 5.41) is 3.28. The number of hydrogen-bond donors (Lipinski definition) is 1. The van der Waals surface area contributed by atoms with E-state index in [2.05, 4.69) is 5.32 Å². The van der Waals surface area contributed by atoms with E-state index < -0.39 is 0 Å². The van der Waals surface area contributed by atoms with Crippen molar-refractivity contribution in [2.45, 2.75) is 19.3 Å². The summed E-state index contributed by atoms with van der Waals surface area (Å²) < 4.78 is 10.5. The molecule has 0 unspecified atom stereocenters. The second kappa shape index (κ2) is 6.40. The van der Waals surface area contributed by atoms with Crippen LogP contribution in [0.1, 0.15) is 19.3 Å². The maximum Gasteiger partial charge on any atom is 0.311 e. The molecule has 0 spiro atoms. The van der Waals surface area contributed by atoms with Crippen LogP contribution in [0.2, 0.25) is 0 Å². The molecule has 1 heterocycles. The smallest absolute Gasteiger partial charge is 0.311 e. The first-order chi connectivity index (χ1) is 8.79. The van der Waals surface area contributed by atoms with E-state index in [-0.39, 0.29) is 5.97 Å². The summed E-state index contributed by atoms with van der Waals surface area (Å²) in [7, 11) is 1.57. The predicted octanol–water partition coefficient (Wildman–Crippen LogP) is 1.99. The Balaban J connectivity index is 1.90. The molecular formula is C14H19NO3. The molecule has 98 valence electrons. The number of ether oxygens (including phenoxy) is 2. The van der Waals surface area contributed by atoms with Gasteiger partial charge in [-0.2, -0.15) is 0 Å². The molecule has 0 atom stereocenters. The van der Waals surface area contributed by atoms with Crippen molar-refractivity contribution in [1.29, 1.82) is 0 Å². The first kappa shape index (κ1) is 12.9. The number of hydrogen-bond acceptors (Lipinski definition) is 4. The highest BCUT2D eigenvalue weighted by molar-refractivity contribution is 5.73. The third-order valence-corrected chi connectivity index (χ3v) is 3.21. The number of para-hydroxylation sites is 2. The Morgan fingerprint density at radius 2 is 1.94 bits per heavy atom. The highest BCUT2D eigenvalue weighted by Gasteiger charge is 2.18. The van der Waals surface area contributed by atoms with Crippen LogP contribution in [0.4, 0.5) is 0 Å². The van der Waals surface area contributed by atoms with Crippen molar-refractivity contribution >= 4 is 5.97 Å². The average molecular weight is 249 g/mol. The van der Waals surface area contributed by atoms with Crippen molar-refractivity contribution in [2.24, 2.45) is 5.92 Å². The Kier molecular flexibility index (Phi) is 4.59. The third-order valence-electron chi connectivity index (χ3n) is 3.21. The quantitative estimate of drug-likeness (QED) is 0.655. The van der Waals surface area contributed by atoms with Gasteiger partial charge in [-0.15, -0.1) is 0 Å². The molecule has 0 aromatic heterocycles. The zero-order valence-corrected chi connectivity index (χ0v) is 10.6. The molecule has 1 aromatic rings. The Labute approximate surface area is 107 Å². The number of esters is 1. The van der Waals surface area contributed by atoms with Crippen molar-refractivity contribution < 1.29 is 14.3 Å². The zero-order valence-electron chi connectivity index (χ0n) is 10.6. The molecule has 18 heavy (non-hydrogen) atoms. The molecule has 2 rings (SSSR count). The zero-order chi connectivity index (χ0) is 12.8. The van der Waals surface area contributed by atoms with Crippen LogP contribution in [0.5, 0.6) is 11.5 Å². The summed E-state index contributed by atoms with van der Waals surface area (Å²) in [5.74, 6) is 1.36. The average Bonchev–Trinajstić information content (AvgIpc) is 2.40. The Hall–Kier alpha value is -1.55. The molecular weight excluding hydrogens is 230 g/mol. The van der Waals surface area contributed by atoms with Crippen LogP contribution in [-0.2, 0) is 4.79 Å². The lowest BCUT2D eigenvalue weighted by molar-refractivity contribution is -0.135. The minimum atomic E-state index is -0.175. The fourth-order valence-electron chi connectivity index (χ4n) is 2.19. The van der Waals surface area contributed by atoms with Crippen molar-refractivity contribution in [3.8, 4) is 11.5 Å². The van der Waals surface area contributed by atoms with Gasteiger partial charge in [0.1, 0.15) is 0 Å². The molecule has 0 radical (unpaired) electrons. The number of carbonyl (C=O) groups is 1. The van der Waals surface area contributed by atoms with Gasteiger partial charge in [-0.1, -0.05) is 12.1 Å². The van der Waals surface area contributed by atoms with Gasteiger partial charge in [0.05, 0.1) is 7.11 Å². The van der Waals surface area contributed by atoms with Crippen molar-refractivity contribution in [2.75, 3.05) is 20.2 Å². The summed E-state index contributed by atoms with van der Waals surface area (Å²) in [6.07, 6.45) is 2.57. The van der Waals surface area contributed by atoms with E-state index in [0.717, 1.165) is 25.9 Å². The second-order valence-electron chi connectivity index (χ2n) is 4.52. The maximum absolute atomic E-state index is 11.9. The molecule has 1 N–H and O–H groups in total. The van der Waals surface area contributed by atoms with Crippen molar-refractivity contribution in [1.82, 2.24) is 5.32 Å². The van der Waals surface area contributed by atoms with Crippen LogP contribution in [0.25, 0.3) is 0 Å². The van der Waals surface area contributed by atoms with E-state index in [1.54, 1.807) is 19.2 Å². The van der Waals surface area contributed by atoms with Crippen LogP contribution >= 0.6 is 0 Å². The lowest BCUT2D eigenvalue weighted by atomic mass is 9.95. The Bertz CT molecular complexity index is 400. The van der Waals surface area contributed by atoms with Crippen LogP contribution in [0, 0.1) is 5.92 Å². The minimum Gasteiger partial charge on any atom is -0.493 e. The predicted molar refractivity (Wildman–Crippen MR) is 68.8 cm³/mol. The molecule has 4 nitrogen and oxygen atoms in total. The summed E-state index contributed by atoms with van der Waals surface area (Å²) in [6.45, 7) is 1.99. The molecule has 0 amide bonds. The fourth-order valence-corrected chi connectivity index (χ4v) is 2.19. The molecule has 1 aliphatic rings. The van der Waals surface area contributed by atoms with Gasteiger partial charge >= 0.3 is 5.97 Å². The number of methoxy groups -OCH3 is 1. The molecule has 0 bridgehead atoms. The Morgan fingerprint density at radius 3 is 2.61 bits per heavy atom. The number of piperidine rings is 1. The largest absolute Gasteiger partial charge is 0.493 e. The lowest BCUT2D eigenvalue weighted by Gasteiger charge is -2.21. The first-order valence-corrected chi connectivity index (χ1v) is 6.34. The first-order valence-electron chi connectivity index (χ1n) is 6.34. The molecule has 1 aromatic carbocycles. The summed E-state index contributed by atoms with van der Waals surface area (Å²) in [6, 6.07) is 7.21. The standard InChI is InChI=1S/C14H19NO3/c1-17-12-4-2-3-5-13(12)18-14(16)10-11-6-8-15-9-7-11/h2-5,11,15H,6-10H2,1H3. The van der Waals surface area contributed by atoms with E-state index in [1.807, 2.05) is 12.1 Å². The van der Waals surface area contributed by atoms with Crippen LogP contribution in [0.3, 0.4) is 0 Å². The molecule has 4 heteroatoms. The van der Waals surface area contributed by atoms with E-state index in [9.17, 15) is 4.79 Å². The number of carbonyl (C=O) groups excluding carboxylic acids is 1. The van der Waals surface area contributed by atoms with Gasteiger partial charge in [-0.05, 0) is 44.0 Å². The van der Waals surface area contributed by atoms with E-state index in [4.69, 9.17) is 9.47 Å². The minimum absolute atomic E-state index is 0.175. The van der Waals surface area contributed by atoms with Gasteiger partial charge in [0, 0.05) is 6.42 Å². The van der Waals surface area contributed by atoms with Gasteiger partial charge in [0.15, 0.2) is 11.5 Å². The number of benzene rings is 1. The summed E-state index contributed by atoms with van der Waals surface area (Å²) in [4.78, 5) is 11.9. The van der Waals surface area contributed by atoms with E-state index >= 15 is 0 Å². The highest BCUT2D eigenvalue weighted by Crippen LogP contribution is 2.27. The van der Waals surface area contributed by atoms with Gasteiger partial charge in [0.2, 0.25) is 0 Å². The Morgan fingerprint density at radius 1 is 1.28 bits per heavy atom. The van der Waals surface area contributed by atoms with Gasteiger partial charge in [-0.25, -0.2) is 0 Å². The lowest BCUT2D eigenvalue weighted by Crippen LogP contribution is -2.29. The molecule has 1 aliphatic heterocycles. The maximum atomic E-state index is 11.9. The highest BCUT2D eigenvalue weighted by atomic mass is 16.6. The number of rotatable bonds is 4. The topological polar surface area (TPSA) is 47.6 Å². The summed E-state index contributed by atoms with van der Waals surface area (Å²) in [5.41, 5.74) is 0. The van der Waals surface area contributed by atoms with Gasteiger partial charge < -0.3 is 14.8 Å². The SMILES string of the molecule is COc1ccccc1OC(=O)CC1CCNCC1. The van der Waals surface area contributed by atoms with Crippen LogP contribution in [-0.4, -0.2) is 26.2 Å². The molecule has 1 saturated heterocycles. The monoisotopic (exact) mass is 249 g/mol. The van der Waals surface area contributed by atoms with Crippen molar-refractivity contribution in [3.63, 3.8) is 0 Å². The van der Waals surface area contributed by atoms with E-state index in [0.29, 0.717) is 23.8 Å². The van der Waals surface area contributed by atoms with Gasteiger partial charge in [-0.3, -0.25) is 4.79 Å². The number of nitrogens with one attached hydrogen (secondary N) is 1. The van der Waals surface area contributed by atoms with E-state index in [1.165, 1.54) is 0 Å². The molecule has 0 aliphatic carbocycles. The molecule has 0 saturated carbocycles. The fraction of sp³-hybridized carbons (Fsp3) is 0.500.